The molecule has 4 rings (SSSR count). The van der Waals surface area contributed by atoms with Gasteiger partial charge in [0.25, 0.3) is 11.5 Å². The summed E-state index contributed by atoms with van der Waals surface area (Å²) in [6, 6.07) is 16.4. The van der Waals surface area contributed by atoms with Crippen LogP contribution in [0.15, 0.2) is 58.1 Å². The van der Waals surface area contributed by atoms with Crippen molar-refractivity contribution in [3.8, 4) is 5.75 Å². The monoisotopic (exact) mass is 420 g/mol. The van der Waals surface area contributed by atoms with Crippen LogP contribution in [0.1, 0.15) is 39.5 Å². The number of aromatic amines is 2. The van der Waals surface area contributed by atoms with Crippen molar-refractivity contribution in [1.82, 2.24) is 15.3 Å². The normalized spacial score (nSPS) is 17.6. The molecule has 0 aliphatic heterocycles. The largest absolute Gasteiger partial charge is 0.497 e. The van der Waals surface area contributed by atoms with E-state index in [4.69, 9.17) is 10.5 Å². The number of H-pyrrole nitrogens is 2. The lowest BCUT2D eigenvalue weighted by atomic mass is 9.74. The molecular weight excluding hydrogens is 396 g/mol. The Bertz CT molecular complexity index is 1210. The summed E-state index contributed by atoms with van der Waals surface area (Å²) < 4.78 is 5.27. The Kier molecular flexibility index (Phi) is 5.62. The molecule has 3 aromatic rings. The Morgan fingerprint density at radius 3 is 2.61 bits per heavy atom. The molecule has 0 unspecified atom stereocenters. The van der Waals surface area contributed by atoms with Gasteiger partial charge in [0.15, 0.2) is 0 Å². The SMILES string of the molecule is COc1ccc([C@@H]2C[C@H](CNC(=O)c3[nH]c(=O)[nH]c(=O)c3N)Cc3ccccc32)cc1. The number of methoxy groups -OCH3 is 1. The van der Waals surface area contributed by atoms with Crippen LogP contribution < -0.4 is 27.0 Å². The fourth-order valence-corrected chi connectivity index (χ4v) is 4.22. The number of fused-ring (bicyclic) bond motifs is 1. The molecule has 0 saturated heterocycles. The van der Waals surface area contributed by atoms with Crippen LogP contribution in [0.3, 0.4) is 0 Å². The fraction of sp³-hybridized carbons (Fsp3) is 0.261. The first-order valence-electron chi connectivity index (χ1n) is 10.1. The third kappa shape index (κ3) is 4.23. The predicted molar refractivity (Wildman–Crippen MR) is 118 cm³/mol. The lowest BCUT2D eigenvalue weighted by Gasteiger charge is -2.32. The summed E-state index contributed by atoms with van der Waals surface area (Å²) in [4.78, 5) is 40.0. The van der Waals surface area contributed by atoms with Gasteiger partial charge < -0.3 is 20.8 Å². The molecule has 2 aromatic carbocycles. The number of rotatable bonds is 5. The van der Waals surface area contributed by atoms with E-state index >= 15 is 0 Å². The van der Waals surface area contributed by atoms with Crippen molar-refractivity contribution in [1.29, 1.82) is 0 Å². The van der Waals surface area contributed by atoms with Crippen molar-refractivity contribution >= 4 is 11.6 Å². The maximum Gasteiger partial charge on any atom is 0.326 e. The van der Waals surface area contributed by atoms with Gasteiger partial charge in [-0.05, 0) is 47.6 Å². The predicted octanol–water partition coefficient (Wildman–Crippen LogP) is 1.78. The molecule has 1 heterocycles. The number of anilines is 1. The zero-order valence-electron chi connectivity index (χ0n) is 17.1. The first-order valence-corrected chi connectivity index (χ1v) is 10.1. The van der Waals surface area contributed by atoms with Crippen molar-refractivity contribution in [3.63, 3.8) is 0 Å². The Morgan fingerprint density at radius 2 is 1.87 bits per heavy atom. The highest BCUT2D eigenvalue weighted by atomic mass is 16.5. The van der Waals surface area contributed by atoms with Crippen LogP contribution >= 0.6 is 0 Å². The molecule has 1 aliphatic carbocycles. The second kappa shape index (κ2) is 8.51. The minimum atomic E-state index is -0.778. The lowest BCUT2D eigenvalue weighted by molar-refractivity contribution is 0.0940. The van der Waals surface area contributed by atoms with E-state index in [0.29, 0.717) is 6.54 Å². The van der Waals surface area contributed by atoms with Gasteiger partial charge in [-0.25, -0.2) is 4.79 Å². The van der Waals surface area contributed by atoms with Gasteiger partial charge in [-0.1, -0.05) is 36.4 Å². The molecule has 0 bridgehead atoms. The second-order valence-electron chi connectivity index (χ2n) is 7.74. The number of nitrogens with one attached hydrogen (secondary N) is 3. The van der Waals surface area contributed by atoms with Crippen LogP contribution in [0.4, 0.5) is 5.69 Å². The minimum Gasteiger partial charge on any atom is -0.497 e. The Morgan fingerprint density at radius 1 is 1.13 bits per heavy atom. The van der Waals surface area contributed by atoms with E-state index in [2.05, 4.69) is 34.6 Å². The smallest absolute Gasteiger partial charge is 0.326 e. The Balaban J connectivity index is 1.54. The van der Waals surface area contributed by atoms with Crippen LogP contribution in [0.25, 0.3) is 0 Å². The van der Waals surface area contributed by atoms with Crippen LogP contribution in [0.2, 0.25) is 0 Å². The molecule has 0 spiro atoms. The molecule has 0 radical (unpaired) electrons. The van der Waals surface area contributed by atoms with E-state index in [9.17, 15) is 14.4 Å². The molecule has 0 fully saturated rings. The molecule has 0 saturated carbocycles. The van der Waals surface area contributed by atoms with Gasteiger partial charge in [0.2, 0.25) is 0 Å². The van der Waals surface area contributed by atoms with E-state index in [0.717, 1.165) is 18.6 Å². The highest BCUT2D eigenvalue weighted by Gasteiger charge is 2.28. The van der Waals surface area contributed by atoms with Gasteiger partial charge in [0, 0.05) is 12.5 Å². The topological polar surface area (TPSA) is 130 Å². The van der Waals surface area contributed by atoms with E-state index in [1.54, 1.807) is 7.11 Å². The second-order valence-corrected chi connectivity index (χ2v) is 7.74. The maximum absolute atomic E-state index is 12.6. The van der Waals surface area contributed by atoms with Gasteiger partial charge in [-0.3, -0.25) is 14.6 Å². The molecule has 8 nitrogen and oxygen atoms in total. The summed E-state index contributed by atoms with van der Waals surface area (Å²) in [6.07, 6.45) is 1.68. The number of carbonyl (C=O) groups excluding carboxylic acids is 1. The van der Waals surface area contributed by atoms with Crippen LogP contribution in [0, 0.1) is 5.92 Å². The van der Waals surface area contributed by atoms with E-state index in [1.165, 1.54) is 16.7 Å². The van der Waals surface area contributed by atoms with Gasteiger partial charge in [-0.15, -0.1) is 0 Å². The molecule has 2 atom stereocenters. The number of hydrogen-bond donors (Lipinski definition) is 4. The van der Waals surface area contributed by atoms with Gasteiger partial charge in [0.1, 0.15) is 17.1 Å². The summed E-state index contributed by atoms with van der Waals surface area (Å²) in [7, 11) is 1.64. The van der Waals surface area contributed by atoms with E-state index in [1.807, 2.05) is 29.2 Å². The van der Waals surface area contributed by atoms with Crippen molar-refractivity contribution < 1.29 is 9.53 Å². The first kappa shape index (κ1) is 20.5. The molecule has 5 N–H and O–H groups in total. The van der Waals surface area contributed by atoms with Crippen LogP contribution in [0.5, 0.6) is 5.75 Å². The van der Waals surface area contributed by atoms with Crippen molar-refractivity contribution in [2.24, 2.45) is 5.92 Å². The number of carbonyl (C=O) groups is 1. The summed E-state index contributed by atoms with van der Waals surface area (Å²) in [5.74, 6) is 0.616. The Hall–Kier alpha value is -3.81. The maximum atomic E-state index is 12.6. The lowest BCUT2D eigenvalue weighted by Crippen LogP contribution is -2.37. The highest BCUT2D eigenvalue weighted by molar-refractivity contribution is 5.96. The van der Waals surface area contributed by atoms with Crippen LogP contribution in [-0.2, 0) is 6.42 Å². The average Bonchev–Trinajstić information content (AvgIpc) is 2.79. The quantitative estimate of drug-likeness (QED) is 0.500. The Labute approximate surface area is 178 Å². The summed E-state index contributed by atoms with van der Waals surface area (Å²) in [6.45, 7) is 0.397. The molecule has 160 valence electrons. The summed E-state index contributed by atoms with van der Waals surface area (Å²) in [5, 5.41) is 2.82. The van der Waals surface area contributed by atoms with Gasteiger partial charge in [0.05, 0.1) is 7.11 Å². The van der Waals surface area contributed by atoms with E-state index in [-0.39, 0.29) is 23.2 Å². The number of amides is 1. The summed E-state index contributed by atoms with van der Waals surface area (Å²) in [5.41, 5.74) is 7.33. The standard InChI is InChI=1S/C23H24N4O4/c1-31-16-8-6-14(7-9-16)18-11-13(10-15-4-2-3-5-17(15)18)12-25-22(29)20-19(24)21(28)27-23(30)26-20/h2-9,13,18H,10-12,24H2,1H3,(H,25,29)(H2,26,27,28,30)/t13-,18+/m1/s1. The van der Waals surface area contributed by atoms with Crippen LogP contribution in [-0.4, -0.2) is 29.5 Å². The molecule has 31 heavy (non-hydrogen) atoms. The number of benzene rings is 2. The first-order chi connectivity index (χ1) is 15.0. The van der Waals surface area contributed by atoms with Crippen molar-refractivity contribution in [2.75, 3.05) is 19.4 Å². The fourth-order valence-electron chi connectivity index (χ4n) is 4.22. The third-order valence-corrected chi connectivity index (χ3v) is 5.78. The van der Waals surface area contributed by atoms with Gasteiger partial charge in [-0.2, -0.15) is 0 Å². The molecule has 1 aromatic heterocycles. The molecule has 1 amide bonds. The molecule has 8 heteroatoms. The number of ether oxygens (including phenoxy) is 1. The van der Waals surface area contributed by atoms with Crippen molar-refractivity contribution in [2.45, 2.75) is 18.8 Å². The average molecular weight is 420 g/mol. The third-order valence-electron chi connectivity index (χ3n) is 5.78. The van der Waals surface area contributed by atoms with E-state index < -0.39 is 17.2 Å². The number of nitrogen functional groups attached to an aromatic ring is 1. The highest BCUT2D eigenvalue weighted by Crippen LogP contribution is 2.39. The molecule has 1 aliphatic rings. The van der Waals surface area contributed by atoms with Crippen molar-refractivity contribution in [3.05, 3.63) is 91.8 Å². The zero-order valence-corrected chi connectivity index (χ0v) is 17.1. The zero-order chi connectivity index (χ0) is 22.0. The number of hydrogen-bond acceptors (Lipinski definition) is 5. The summed E-state index contributed by atoms with van der Waals surface area (Å²) >= 11 is 0. The minimum absolute atomic E-state index is 0.181. The molecular formula is C23H24N4O4. The van der Waals surface area contributed by atoms with Gasteiger partial charge >= 0.3 is 5.69 Å². The number of aromatic nitrogens is 2. The number of nitrogens with two attached hydrogens (primary N) is 1.